The molecule has 0 aliphatic heterocycles. The van der Waals surface area contributed by atoms with E-state index in [4.69, 9.17) is 5.26 Å². The minimum atomic E-state index is -0.0955. The summed E-state index contributed by atoms with van der Waals surface area (Å²) in [6.07, 6.45) is 4.71. The number of nitrogens with zero attached hydrogens (tertiary/aromatic N) is 1. The molecule has 3 nitrogen and oxygen atoms in total. The first-order chi connectivity index (χ1) is 6.72. The Morgan fingerprint density at radius 2 is 2.36 bits per heavy atom. The Morgan fingerprint density at radius 1 is 1.57 bits per heavy atom. The number of nitriles is 1. The Bertz CT molecular complexity index is 200. The first-order valence-electron chi connectivity index (χ1n) is 5.50. The van der Waals surface area contributed by atoms with Crippen LogP contribution in [0.5, 0.6) is 0 Å². The molecule has 1 saturated carbocycles. The molecular formula is C11H20N2O. The van der Waals surface area contributed by atoms with Gasteiger partial charge in [-0.15, -0.1) is 0 Å². The van der Waals surface area contributed by atoms with E-state index >= 15 is 0 Å². The van der Waals surface area contributed by atoms with Crippen LogP contribution in [0.25, 0.3) is 0 Å². The molecule has 80 valence electrons. The highest BCUT2D eigenvalue weighted by molar-refractivity contribution is 4.80. The third kappa shape index (κ3) is 4.08. The predicted molar refractivity (Wildman–Crippen MR) is 55.7 cm³/mol. The van der Waals surface area contributed by atoms with Crippen LogP contribution in [0.1, 0.15) is 39.0 Å². The van der Waals surface area contributed by atoms with E-state index in [0.717, 1.165) is 25.8 Å². The molecule has 14 heavy (non-hydrogen) atoms. The summed E-state index contributed by atoms with van der Waals surface area (Å²) in [4.78, 5) is 0. The van der Waals surface area contributed by atoms with Gasteiger partial charge in [0.2, 0.25) is 0 Å². The van der Waals surface area contributed by atoms with E-state index in [9.17, 15) is 5.11 Å². The van der Waals surface area contributed by atoms with Crippen LogP contribution in [0.2, 0.25) is 0 Å². The van der Waals surface area contributed by atoms with Crippen LogP contribution in [0, 0.1) is 17.2 Å². The quantitative estimate of drug-likeness (QED) is 0.715. The second-order valence-corrected chi connectivity index (χ2v) is 4.36. The molecule has 0 spiro atoms. The van der Waals surface area contributed by atoms with Crippen molar-refractivity contribution >= 4 is 0 Å². The van der Waals surface area contributed by atoms with Gasteiger partial charge in [-0.2, -0.15) is 5.26 Å². The van der Waals surface area contributed by atoms with Gasteiger partial charge >= 0.3 is 0 Å². The largest absolute Gasteiger partial charge is 0.393 e. The van der Waals surface area contributed by atoms with Crippen LogP contribution in [-0.4, -0.2) is 23.8 Å². The third-order valence-corrected chi connectivity index (χ3v) is 2.91. The van der Waals surface area contributed by atoms with Crippen LogP contribution < -0.4 is 5.32 Å². The fraction of sp³-hybridized carbons (Fsp3) is 0.909. The minimum absolute atomic E-state index is 0.0955. The van der Waals surface area contributed by atoms with Gasteiger partial charge in [0.1, 0.15) is 0 Å². The molecule has 2 N–H and O–H groups in total. The molecule has 0 radical (unpaired) electrons. The number of hydrogen-bond donors (Lipinski definition) is 2. The van der Waals surface area contributed by atoms with Gasteiger partial charge in [-0.1, -0.05) is 6.42 Å². The van der Waals surface area contributed by atoms with E-state index in [1.54, 1.807) is 0 Å². The molecule has 0 saturated heterocycles. The second-order valence-electron chi connectivity index (χ2n) is 4.36. The molecular weight excluding hydrogens is 176 g/mol. The molecule has 1 aliphatic rings. The summed E-state index contributed by atoms with van der Waals surface area (Å²) < 4.78 is 0. The molecule has 1 fully saturated rings. The molecule has 0 bridgehead atoms. The van der Waals surface area contributed by atoms with Crippen LogP contribution in [0.3, 0.4) is 0 Å². The lowest BCUT2D eigenvalue weighted by Gasteiger charge is -2.26. The van der Waals surface area contributed by atoms with Gasteiger partial charge in [0.25, 0.3) is 0 Å². The van der Waals surface area contributed by atoms with Crippen molar-refractivity contribution in [3.8, 4) is 6.07 Å². The Kier molecular flexibility index (Phi) is 4.92. The van der Waals surface area contributed by atoms with Crippen molar-refractivity contribution in [3.63, 3.8) is 0 Å². The summed E-state index contributed by atoms with van der Waals surface area (Å²) in [6, 6.07) is 2.43. The molecule has 3 atom stereocenters. The van der Waals surface area contributed by atoms with E-state index in [1.165, 1.54) is 6.42 Å². The molecule has 3 unspecified atom stereocenters. The molecule has 0 aromatic heterocycles. The summed E-state index contributed by atoms with van der Waals surface area (Å²) in [5, 5.41) is 21.3. The zero-order chi connectivity index (χ0) is 10.4. The normalized spacial score (nSPS) is 29.5. The van der Waals surface area contributed by atoms with Crippen LogP contribution in [0.15, 0.2) is 0 Å². The highest BCUT2D eigenvalue weighted by Gasteiger charge is 2.20. The molecule has 1 aliphatic carbocycles. The third-order valence-electron chi connectivity index (χ3n) is 2.91. The van der Waals surface area contributed by atoms with Crippen molar-refractivity contribution in [2.24, 2.45) is 5.92 Å². The van der Waals surface area contributed by atoms with Gasteiger partial charge in [0.15, 0.2) is 0 Å². The van der Waals surface area contributed by atoms with Crippen LogP contribution in [0.4, 0.5) is 0 Å². The molecule has 1 rings (SSSR count). The lowest BCUT2D eigenvalue weighted by molar-refractivity contribution is 0.0998. The smallest absolute Gasteiger partial charge is 0.0638 e. The first kappa shape index (κ1) is 11.5. The topological polar surface area (TPSA) is 56.0 Å². The molecule has 3 heteroatoms. The zero-order valence-electron chi connectivity index (χ0n) is 8.87. The van der Waals surface area contributed by atoms with E-state index < -0.39 is 0 Å². The summed E-state index contributed by atoms with van der Waals surface area (Å²) >= 11 is 0. The zero-order valence-corrected chi connectivity index (χ0v) is 8.87. The Labute approximate surface area is 86.1 Å². The maximum atomic E-state index is 9.47. The van der Waals surface area contributed by atoms with Crippen molar-refractivity contribution in [1.29, 1.82) is 5.26 Å². The van der Waals surface area contributed by atoms with Gasteiger partial charge in [0, 0.05) is 6.04 Å². The standard InChI is InChI=1S/C11H20N2O/c1-9(5-6-12)13-8-10-3-2-4-11(14)7-10/h9-11,13-14H,2-5,7-8H2,1H3. The van der Waals surface area contributed by atoms with E-state index in [1.807, 2.05) is 6.92 Å². The average Bonchev–Trinajstić information content (AvgIpc) is 2.15. The van der Waals surface area contributed by atoms with Gasteiger partial charge < -0.3 is 10.4 Å². The lowest BCUT2D eigenvalue weighted by Crippen LogP contribution is -2.34. The second kappa shape index (κ2) is 6.00. The van der Waals surface area contributed by atoms with Crippen molar-refractivity contribution in [2.75, 3.05) is 6.54 Å². The van der Waals surface area contributed by atoms with E-state index in [-0.39, 0.29) is 12.1 Å². The fourth-order valence-electron chi connectivity index (χ4n) is 2.02. The summed E-state index contributed by atoms with van der Waals surface area (Å²) in [5.41, 5.74) is 0. The number of nitrogens with one attached hydrogen (secondary N) is 1. The maximum absolute atomic E-state index is 9.47. The Hall–Kier alpha value is -0.590. The number of aliphatic hydroxyl groups is 1. The highest BCUT2D eigenvalue weighted by Crippen LogP contribution is 2.23. The van der Waals surface area contributed by atoms with Crippen molar-refractivity contribution in [3.05, 3.63) is 0 Å². The summed E-state index contributed by atoms with van der Waals surface area (Å²) in [7, 11) is 0. The van der Waals surface area contributed by atoms with E-state index in [2.05, 4.69) is 11.4 Å². The highest BCUT2D eigenvalue weighted by atomic mass is 16.3. The molecule has 0 aromatic rings. The SMILES string of the molecule is CC(CC#N)NCC1CCCC(O)C1. The lowest BCUT2D eigenvalue weighted by atomic mass is 9.87. The van der Waals surface area contributed by atoms with E-state index in [0.29, 0.717) is 12.3 Å². The van der Waals surface area contributed by atoms with Crippen molar-refractivity contribution in [2.45, 2.75) is 51.2 Å². The monoisotopic (exact) mass is 196 g/mol. The molecule has 0 heterocycles. The van der Waals surface area contributed by atoms with Crippen LogP contribution >= 0.6 is 0 Å². The fourth-order valence-corrected chi connectivity index (χ4v) is 2.02. The van der Waals surface area contributed by atoms with Gasteiger partial charge in [-0.3, -0.25) is 0 Å². The van der Waals surface area contributed by atoms with Gasteiger partial charge in [-0.05, 0) is 38.6 Å². The Balaban J connectivity index is 2.14. The van der Waals surface area contributed by atoms with Gasteiger partial charge in [-0.25, -0.2) is 0 Å². The summed E-state index contributed by atoms with van der Waals surface area (Å²) in [5.74, 6) is 0.597. The molecule has 0 aromatic carbocycles. The predicted octanol–water partition coefficient (Wildman–Crippen LogP) is 1.43. The molecule has 0 amide bonds. The minimum Gasteiger partial charge on any atom is -0.393 e. The van der Waals surface area contributed by atoms with Crippen LogP contribution in [-0.2, 0) is 0 Å². The number of rotatable bonds is 4. The first-order valence-corrected chi connectivity index (χ1v) is 5.50. The summed E-state index contributed by atoms with van der Waals surface area (Å²) in [6.45, 7) is 2.97. The number of hydrogen-bond acceptors (Lipinski definition) is 3. The maximum Gasteiger partial charge on any atom is 0.0638 e. The number of aliphatic hydroxyl groups excluding tert-OH is 1. The Morgan fingerprint density at radius 3 is 3.00 bits per heavy atom. The van der Waals surface area contributed by atoms with Gasteiger partial charge in [0.05, 0.1) is 18.6 Å². The average molecular weight is 196 g/mol. The van der Waals surface area contributed by atoms with Crippen molar-refractivity contribution < 1.29 is 5.11 Å². The van der Waals surface area contributed by atoms with Crippen molar-refractivity contribution in [1.82, 2.24) is 5.32 Å².